The minimum atomic E-state index is -0.567. The molecule has 0 aliphatic carbocycles. The lowest BCUT2D eigenvalue weighted by atomic mass is 10.1. The van der Waals surface area contributed by atoms with Crippen molar-refractivity contribution in [1.82, 2.24) is 0 Å². The van der Waals surface area contributed by atoms with Gasteiger partial charge in [-0.15, -0.1) is 11.8 Å². The highest BCUT2D eigenvalue weighted by atomic mass is 32.2. The molecule has 1 fully saturated rings. The summed E-state index contributed by atoms with van der Waals surface area (Å²) in [4.78, 5) is 0. The maximum absolute atomic E-state index is 9.95. The maximum atomic E-state index is 9.95. The Bertz CT molecular complexity index is 261. The summed E-state index contributed by atoms with van der Waals surface area (Å²) in [6.45, 7) is 4.49. The molecule has 1 N–H and O–H groups in total. The molecule has 0 aromatic carbocycles. The predicted octanol–water partition coefficient (Wildman–Crippen LogP) is 5.78. The molecule has 2 nitrogen and oxygen atoms in total. The highest BCUT2D eigenvalue weighted by Gasteiger charge is 2.29. The molecule has 0 aromatic heterocycles. The van der Waals surface area contributed by atoms with E-state index in [-0.39, 0.29) is 5.44 Å². The fourth-order valence-corrected chi connectivity index (χ4v) is 5.06. The number of hydrogen-bond acceptors (Lipinski definition) is 4. The highest BCUT2D eigenvalue weighted by molar-refractivity contribution is 8.00. The van der Waals surface area contributed by atoms with E-state index in [2.05, 4.69) is 13.8 Å². The van der Waals surface area contributed by atoms with Crippen molar-refractivity contribution in [1.29, 1.82) is 0 Å². The lowest BCUT2D eigenvalue weighted by Gasteiger charge is -2.33. The van der Waals surface area contributed by atoms with Gasteiger partial charge in [-0.25, -0.2) is 0 Å². The zero-order chi connectivity index (χ0) is 16.2. The Kier molecular flexibility index (Phi) is 12.2. The number of ether oxygens (including phenoxy) is 1. The van der Waals surface area contributed by atoms with E-state index in [4.69, 9.17) is 17.4 Å². The molecule has 4 heteroatoms. The van der Waals surface area contributed by atoms with Gasteiger partial charge in [0.15, 0.2) is 6.29 Å². The average molecular weight is 349 g/mol. The number of hydrogen-bond donors (Lipinski definition) is 2. The second-order valence-corrected chi connectivity index (χ2v) is 8.80. The van der Waals surface area contributed by atoms with E-state index in [0.29, 0.717) is 10.5 Å². The van der Waals surface area contributed by atoms with E-state index >= 15 is 0 Å². The Balaban J connectivity index is 2.21. The van der Waals surface area contributed by atoms with Crippen LogP contribution >= 0.6 is 24.4 Å². The minimum absolute atomic E-state index is 0.133. The first-order valence-electron chi connectivity index (χ1n) is 9.32. The van der Waals surface area contributed by atoms with Gasteiger partial charge >= 0.3 is 0 Å². The van der Waals surface area contributed by atoms with Crippen LogP contribution < -0.4 is 0 Å². The number of thiol groups is 1. The molecular weight excluding hydrogens is 312 g/mol. The smallest absolute Gasteiger partial charge is 0.157 e. The Morgan fingerprint density at radius 2 is 1.77 bits per heavy atom. The van der Waals surface area contributed by atoms with Gasteiger partial charge in [0.2, 0.25) is 0 Å². The SMILES string of the molecule is CCCCCCC(S)CC1OC(O)CC(CCCCCC)S1. The molecule has 1 heterocycles. The average Bonchev–Trinajstić information content (AvgIpc) is 2.48. The molecule has 0 radical (unpaired) electrons. The number of aliphatic hydroxyl groups is 1. The van der Waals surface area contributed by atoms with Crippen molar-refractivity contribution < 1.29 is 9.84 Å². The van der Waals surface area contributed by atoms with Crippen molar-refractivity contribution in [2.75, 3.05) is 0 Å². The van der Waals surface area contributed by atoms with Crippen LogP contribution in [0.5, 0.6) is 0 Å². The van der Waals surface area contributed by atoms with Crippen LogP contribution in [0, 0.1) is 0 Å². The summed E-state index contributed by atoms with van der Waals surface area (Å²) >= 11 is 6.66. The first kappa shape index (κ1) is 20.7. The molecule has 132 valence electrons. The summed E-state index contributed by atoms with van der Waals surface area (Å²) in [7, 11) is 0. The Labute approximate surface area is 147 Å². The predicted molar refractivity (Wildman–Crippen MR) is 102 cm³/mol. The lowest BCUT2D eigenvalue weighted by Crippen LogP contribution is -2.32. The molecule has 1 aliphatic rings. The number of unbranched alkanes of at least 4 members (excludes halogenated alkanes) is 6. The van der Waals surface area contributed by atoms with Crippen molar-refractivity contribution in [3.8, 4) is 0 Å². The quantitative estimate of drug-likeness (QED) is 0.346. The van der Waals surface area contributed by atoms with Crippen LogP contribution in [0.4, 0.5) is 0 Å². The molecule has 0 aromatic rings. The zero-order valence-corrected chi connectivity index (χ0v) is 16.2. The van der Waals surface area contributed by atoms with E-state index in [1.807, 2.05) is 11.8 Å². The second-order valence-electron chi connectivity index (χ2n) is 6.60. The van der Waals surface area contributed by atoms with Gasteiger partial charge in [-0.2, -0.15) is 12.6 Å². The first-order valence-corrected chi connectivity index (χ1v) is 10.8. The third-order valence-electron chi connectivity index (χ3n) is 4.35. The molecule has 4 atom stereocenters. The lowest BCUT2D eigenvalue weighted by molar-refractivity contribution is -0.121. The van der Waals surface area contributed by atoms with E-state index in [0.717, 1.165) is 12.8 Å². The summed E-state index contributed by atoms with van der Waals surface area (Å²) in [6.07, 6.45) is 14.0. The van der Waals surface area contributed by atoms with E-state index < -0.39 is 6.29 Å². The van der Waals surface area contributed by atoms with Gasteiger partial charge in [0.25, 0.3) is 0 Å². The normalized spacial score (nSPS) is 27.0. The minimum Gasteiger partial charge on any atom is -0.368 e. The largest absolute Gasteiger partial charge is 0.368 e. The standard InChI is InChI=1S/C18H36O2S2/c1-3-5-7-9-11-15(21)13-18-20-17(19)14-16(22-18)12-10-8-6-4-2/h15-19,21H,3-14H2,1-2H3. The number of rotatable bonds is 12. The summed E-state index contributed by atoms with van der Waals surface area (Å²) < 4.78 is 5.71. The molecule has 0 bridgehead atoms. The third-order valence-corrected chi connectivity index (χ3v) is 6.24. The van der Waals surface area contributed by atoms with Crippen LogP contribution in [0.1, 0.15) is 90.9 Å². The van der Waals surface area contributed by atoms with Crippen LogP contribution in [0.25, 0.3) is 0 Å². The van der Waals surface area contributed by atoms with Gasteiger partial charge in [-0.05, 0) is 19.3 Å². The van der Waals surface area contributed by atoms with Crippen molar-refractivity contribution in [2.24, 2.45) is 0 Å². The van der Waals surface area contributed by atoms with Gasteiger partial charge in [0, 0.05) is 16.9 Å². The van der Waals surface area contributed by atoms with Crippen molar-refractivity contribution in [3.05, 3.63) is 0 Å². The number of aliphatic hydroxyl groups excluding tert-OH is 1. The highest BCUT2D eigenvalue weighted by Crippen LogP contribution is 2.36. The summed E-state index contributed by atoms with van der Waals surface area (Å²) in [5, 5.41) is 10.9. The van der Waals surface area contributed by atoms with Gasteiger partial charge in [0.05, 0.1) is 0 Å². The molecule has 1 aliphatic heterocycles. The number of thioether (sulfide) groups is 1. The maximum Gasteiger partial charge on any atom is 0.157 e. The van der Waals surface area contributed by atoms with Gasteiger partial charge in [-0.3, -0.25) is 0 Å². The molecule has 0 amide bonds. The first-order chi connectivity index (χ1) is 10.7. The topological polar surface area (TPSA) is 29.5 Å². The Morgan fingerprint density at radius 1 is 1.09 bits per heavy atom. The molecule has 4 unspecified atom stereocenters. The van der Waals surface area contributed by atoms with Crippen molar-refractivity contribution in [3.63, 3.8) is 0 Å². The monoisotopic (exact) mass is 348 g/mol. The third kappa shape index (κ3) is 9.69. The summed E-state index contributed by atoms with van der Waals surface area (Å²) in [5.41, 5.74) is 0.133. The van der Waals surface area contributed by atoms with E-state index in [9.17, 15) is 5.11 Å². The fraction of sp³-hybridized carbons (Fsp3) is 1.00. The van der Waals surface area contributed by atoms with Crippen molar-refractivity contribution in [2.45, 2.75) is 113 Å². The Morgan fingerprint density at radius 3 is 2.45 bits per heavy atom. The molecule has 22 heavy (non-hydrogen) atoms. The van der Waals surface area contributed by atoms with Crippen LogP contribution in [0.2, 0.25) is 0 Å². The van der Waals surface area contributed by atoms with Crippen LogP contribution in [-0.4, -0.2) is 27.3 Å². The van der Waals surface area contributed by atoms with Crippen molar-refractivity contribution >= 4 is 24.4 Å². The van der Waals surface area contributed by atoms with Gasteiger partial charge in [0.1, 0.15) is 5.44 Å². The summed E-state index contributed by atoms with van der Waals surface area (Å²) in [6, 6.07) is 0. The molecule has 0 saturated carbocycles. The Hall–Kier alpha value is 0.620. The van der Waals surface area contributed by atoms with Gasteiger partial charge in [-0.1, -0.05) is 65.2 Å². The van der Waals surface area contributed by atoms with E-state index in [1.54, 1.807) is 0 Å². The van der Waals surface area contributed by atoms with Crippen LogP contribution in [0.15, 0.2) is 0 Å². The van der Waals surface area contributed by atoms with Crippen LogP contribution in [-0.2, 0) is 4.74 Å². The molecule has 1 rings (SSSR count). The zero-order valence-electron chi connectivity index (χ0n) is 14.5. The molecule has 0 spiro atoms. The second kappa shape index (κ2) is 13.0. The summed E-state index contributed by atoms with van der Waals surface area (Å²) in [5.74, 6) is 0. The van der Waals surface area contributed by atoms with Gasteiger partial charge < -0.3 is 9.84 Å². The molecular formula is C18H36O2S2. The van der Waals surface area contributed by atoms with Crippen LogP contribution in [0.3, 0.4) is 0 Å². The van der Waals surface area contributed by atoms with E-state index in [1.165, 1.54) is 64.2 Å². The molecule has 1 saturated heterocycles. The fourth-order valence-electron chi connectivity index (χ4n) is 3.00.